The van der Waals surface area contributed by atoms with Crippen molar-refractivity contribution in [2.75, 3.05) is 4.90 Å². The fourth-order valence-electron chi connectivity index (χ4n) is 4.24. The monoisotopic (exact) mass is 515 g/mol. The summed E-state index contributed by atoms with van der Waals surface area (Å²) in [7, 11) is 0. The Bertz CT molecular complexity index is 1530. The number of aliphatic hydroxyl groups excluding tert-OH is 1. The van der Waals surface area contributed by atoms with Gasteiger partial charge in [0.1, 0.15) is 35.0 Å². The van der Waals surface area contributed by atoms with E-state index in [9.17, 15) is 19.1 Å². The first-order valence-electron chi connectivity index (χ1n) is 11.5. The molecule has 1 aliphatic heterocycles. The third kappa shape index (κ3) is 4.73. The van der Waals surface area contributed by atoms with Crippen LogP contribution in [0.4, 0.5) is 9.52 Å². The summed E-state index contributed by atoms with van der Waals surface area (Å²) in [6, 6.07) is 19.1. The topological polar surface area (TPSA) is 92.6 Å². The number of rotatable bonds is 6. The highest BCUT2D eigenvalue weighted by atomic mass is 32.1. The minimum Gasteiger partial charge on any atom is -0.507 e. The molecule has 2 heterocycles. The highest BCUT2D eigenvalue weighted by Gasteiger charge is 2.49. The van der Waals surface area contributed by atoms with E-state index < -0.39 is 29.3 Å². The number of aliphatic hydroxyl groups is 1. The van der Waals surface area contributed by atoms with Crippen LogP contribution < -0.4 is 9.64 Å². The van der Waals surface area contributed by atoms with Crippen molar-refractivity contribution in [2.24, 2.45) is 0 Å². The number of carbonyl (C=O) groups excluding carboxylic acids is 2. The van der Waals surface area contributed by atoms with Crippen LogP contribution in [0.25, 0.3) is 5.76 Å². The van der Waals surface area contributed by atoms with Crippen molar-refractivity contribution in [1.82, 2.24) is 10.2 Å². The Labute approximate surface area is 216 Å². The number of halogens is 1. The van der Waals surface area contributed by atoms with Gasteiger partial charge in [-0.05, 0) is 49.7 Å². The van der Waals surface area contributed by atoms with E-state index in [1.807, 2.05) is 31.2 Å². The van der Waals surface area contributed by atoms with Gasteiger partial charge in [-0.15, -0.1) is 10.2 Å². The first-order chi connectivity index (χ1) is 17.8. The number of ketones is 1. The zero-order chi connectivity index (χ0) is 26.1. The standard InChI is InChI=1S/C28H22FN3O4S/c1-16-6-5-7-18(14-16)15-36-20-12-10-19(11-13-20)25(33)23-24(21-8-3-4-9-22(21)29)32(27(35)26(23)34)28-31-30-17(2)37-28/h3-14,24,33H,15H2,1-2H3/b25-23-. The molecule has 0 radical (unpaired) electrons. The molecule has 4 aromatic rings. The second-order valence-corrected chi connectivity index (χ2v) is 9.76. The third-order valence-electron chi connectivity index (χ3n) is 5.98. The molecule has 9 heteroatoms. The van der Waals surface area contributed by atoms with Crippen molar-refractivity contribution in [1.29, 1.82) is 0 Å². The number of hydrogen-bond acceptors (Lipinski definition) is 7. The van der Waals surface area contributed by atoms with E-state index in [-0.39, 0.29) is 21.8 Å². The number of hydrogen-bond donors (Lipinski definition) is 1. The molecule has 7 nitrogen and oxygen atoms in total. The van der Waals surface area contributed by atoms with Gasteiger partial charge in [0.05, 0.1) is 5.57 Å². The normalized spacial score (nSPS) is 16.8. The number of Topliss-reactive ketones (excluding diaryl/α,β-unsaturated/α-hetero) is 1. The highest BCUT2D eigenvalue weighted by molar-refractivity contribution is 7.15. The van der Waals surface area contributed by atoms with Gasteiger partial charge in [0.15, 0.2) is 0 Å². The van der Waals surface area contributed by atoms with Gasteiger partial charge in [-0.25, -0.2) is 4.39 Å². The second kappa shape index (κ2) is 9.94. The van der Waals surface area contributed by atoms with Gasteiger partial charge in [0.2, 0.25) is 5.13 Å². The van der Waals surface area contributed by atoms with Crippen molar-refractivity contribution in [3.8, 4) is 5.75 Å². The third-order valence-corrected chi connectivity index (χ3v) is 6.82. The SMILES string of the molecule is Cc1cccc(COc2ccc(/C(O)=C3/C(=O)C(=O)N(c4nnc(C)s4)C3c3ccccc3F)cc2)c1. The van der Waals surface area contributed by atoms with Crippen LogP contribution in [0.5, 0.6) is 5.75 Å². The number of carbonyl (C=O) groups is 2. The van der Waals surface area contributed by atoms with E-state index in [1.165, 1.54) is 18.2 Å². The Morgan fingerprint density at radius 2 is 1.78 bits per heavy atom. The molecule has 0 saturated carbocycles. The fourth-order valence-corrected chi connectivity index (χ4v) is 4.95. The lowest BCUT2D eigenvalue weighted by atomic mass is 9.95. The van der Waals surface area contributed by atoms with Crippen LogP contribution in [0.1, 0.15) is 33.3 Å². The van der Waals surface area contributed by atoms with Crippen LogP contribution in [0, 0.1) is 19.7 Å². The van der Waals surface area contributed by atoms with E-state index >= 15 is 0 Å². The van der Waals surface area contributed by atoms with Crippen LogP contribution >= 0.6 is 11.3 Å². The van der Waals surface area contributed by atoms with Gasteiger partial charge in [-0.2, -0.15) is 0 Å². The summed E-state index contributed by atoms with van der Waals surface area (Å²) in [6.07, 6.45) is 0. The van der Waals surface area contributed by atoms with Gasteiger partial charge in [-0.1, -0.05) is 59.4 Å². The molecule has 37 heavy (non-hydrogen) atoms. The molecule has 1 fully saturated rings. The summed E-state index contributed by atoms with van der Waals surface area (Å²) in [5, 5.41) is 19.9. The maximum Gasteiger partial charge on any atom is 0.301 e. The zero-order valence-electron chi connectivity index (χ0n) is 20.0. The van der Waals surface area contributed by atoms with Crippen LogP contribution in [-0.2, 0) is 16.2 Å². The Balaban J connectivity index is 1.51. The summed E-state index contributed by atoms with van der Waals surface area (Å²) in [6.45, 7) is 4.08. The maximum atomic E-state index is 14.9. The molecule has 3 aromatic carbocycles. The molecule has 1 amide bonds. The van der Waals surface area contributed by atoms with E-state index in [0.717, 1.165) is 27.4 Å². The van der Waals surface area contributed by atoms with Gasteiger partial charge in [-0.3, -0.25) is 14.5 Å². The molecule has 0 aliphatic carbocycles. The van der Waals surface area contributed by atoms with Gasteiger partial charge in [0.25, 0.3) is 5.78 Å². The zero-order valence-corrected chi connectivity index (χ0v) is 20.8. The molecular weight excluding hydrogens is 493 g/mol. The summed E-state index contributed by atoms with van der Waals surface area (Å²) < 4.78 is 20.8. The molecule has 1 saturated heterocycles. The predicted octanol–water partition coefficient (Wildman–Crippen LogP) is 5.50. The first-order valence-corrected chi connectivity index (χ1v) is 12.3. The molecule has 1 aliphatic rings. The fraction of sp³-hybridized carbons (Fsp3) is 0.143. The Morgan fingerprint density at radius 1 is 1.03 bits per heavy atom. The quantitative estimate of drug-likeness (QED) is 0.207. The largest absolute Gasteiger partial charge is 0.507 e. The van der Waals surface area contributed by atoms with Crippen LogP contribution in [0.2, 0.25) is 0 Å². The van der Waals surface area contributed by atoms with Crippen LogP contribution in [-0.4, -0.2) is 27.0 Å². The molecule has 1 atom stereocenters. The van der Waals surface area contributed by atoms with Gasteiger partial charge in [0, 0.05) is 11.1 Å². The van der Waals surface area contributed by atoms with E-state index in [4.69, 9.17) is 4.74 Å². The van der Waals surface area contributed by atoms with Crippen LogP contribution in [0.3, 0.4) is 0 Å². The molecule has 1 N–H and O–H groups in total. The Kier molecular flexibility index (Phi) is 6.54. The molecule has 1 aromatic heterocycles. The average molecular weight is 516 g/mol. The van der Waals surface area contributed by atoms with Gasteiger partial charge < -0.3 is 9.84 Å². The lowest BCUT2D eigenvalue weighted by Crippen LogP contribution is -2.29. The summed E-state index contributed by atoms with van der Waals surface area (Å²) >= 11 is 1.10. The lowest BCUT2D eigenvalue weighted by Gasteiger charge is -2.22. The maximum absolute atomic E-state index is 14.9. The average Bonchev–Trinajstić information content (AvgIpc) is 3.43. The first kappa shape index (κ1) is 24.3. The Hall–Kier alpha value is -4.37. The lowest BCUT2D eigenvalue weighted by molar-refractivity contribution is -0.132. The smallest absolute Gasteiger partial charge is 0.301 e. The number of nitrogens with zero attached hydrogens (tertiary/aromatic N) is 3. The van der Waals surface area contributed by atoms with Crippen molar-refractivity contribution < 1.29 is 23.8 Å². The van der Waals surface area contributed by atoms with Crippen molar-refractivity contribution in [2.45, 2.75) is 26.5 Å². The van der Waals surface area contributed by atoms with Gasteiger partial charge >= 0.3 is 5.91 Å². The number of amides is 1. The predicted molar refractivity (Wildman–Crippen MR) is 138 cm³/mol. The second-order valence-electron chi connectivity index (χ2n) is 8.60. The molecule has 0 spiro atoms. The minimum atomic E-state index is -1.20. The van der Waals surface area contributed by atoms with E-state index in [2.05, 4.69) is 10.2 Å². The van der Waals surface area contributed by atoms with Crippen molar-refractivity contribution in [3.63, 3.8) is 0 Å². The van der Waals surface area contributed by atoms with Crippen molar-refractivity contribution in [3.05, 3.63) is 111 Å². The number of aryl methyl sites for hydroxylation is 2. The number of anilines is 1. The molecule has 0 bridgehead atoms. The highest BCUT2D eigenvalue weighted by Crippen LogP contribution is 2.43. The summed E-state index contributed by atoms with van der Waals surface area (Å²) in [5.74, 6) is -2.32. The van der Waals surface area contributed by atoms with Crippen molar-refractivity contribution >= 4 is 33.9 Å². The molecule has 1 unspecified atom stereocenters. The number of benzene rings is 3. The summed E-state index contributed by atoms with van der Waals surface area (Å²) in [4.78, 5) is 27.3. The molecule has 186 valence electrons. The Morgan fingerprint density at radius 3 is 2.46 bits per heavy atom. The number of ether oxygens (including phenoxy) is 1. The summed E-state index contributed by atoms with van der Waals surface area (Å²) in [5.41, 5.74) is 2.27. The number of aromatic nitrogens is 2. The molecule has 5 rings (SSSR count). The van der Waals surface area contributed by atoms with E-state index in [0.29, 0.717) is 17.4 Å². The minimum absolute atomic E-state index is 0.0641. The van der Waals surface area contributed by atoms with Crippen LogP contribution in [0.15, 0.2) is 78.4 Å². The van der Waals surface area contributed by atoms with E-state index in [1.54, 1.807) is 37.3 Å². The molecular formula is C28H22FN3O4S.